The van der Waals surface area contributed by atoms with E-state index in [0.29, 0.717) is 13.1 Å². The molecule has 0 aromatic heterocycles. The Bertz CT molecular complexity index is 600. The van der Waals surface area contributed by atoms with Crippen molar-refractivity contribution in [3.05, 3.63) is 30.1 Å². The van der Waals surface area contributed by atoms with Gasteiger partial charge in [0.2, 0.25) is 5.91 Å². The number of amides is 1. The number of halogens is 1. The number of rotatable bonds is 3. The summed E-state index contributed by atoms with van der Waals surface area (Å²) in [6.07, 6.45) is 1.17. The van der Waals surface area contributed by atoms with E-state index in [9.17, 15) is 9.18 Å². The molecular weight excluding hydrogens is 333 g/mol. The van der Waals surface area contributed by atoms with Crippen LogP contribution in [0.1, 0.15) is 27.2 Å². The van der Waals surface area contributed by atoms with E-state index in [4.69, 9.17) is 4.74 Å². The molecular formula is C20H30FN3O2. The van der Waals surface area contributed by atoms with Gasteiger partial charge in [-0.25, -0.2) is 4.39 Å². The lowest BCUT2D eigenvalue weighted by Crippen LogP contribution is -2.54. The molecule has 1 amide bonds. The molecule has 2 fully saturated rings. The maximum Gasteiger partial charge on any atom is 0.239 e. The summed E-state index contributed by atoms with van der Waals surface area (Å²) in [7, 11) is 0. The molecule has 5 nitrogen and oxygen atoms in total. The quantitative estimate of drug-likeness (QED) is 0.826. The van der Waals surface area contributed by atoms with E-state index in [1.54, 1.807) is 0 Å². The molecule has 1 aromatic carbocycles. The standard InChI is InChI=1S/C20H30FN3O2/c1-15-13-24(14-16(2)26-15)20(25)17(3)22-9-4-10-23(12-11-22)19-7-5-18(21)6-8-19/h5-8,15-17H,4,9-14H2,1-3H3. The van der Waals surface area contributed by atoms with Crippen LogP contribution in [0.25, 0.3) is 0 Å². The summed E-state index contributed by atoms with van der Waals surface area (Å²) >= 11 is 0. The fourth-order valence-electron chi connectivity index (χ4n) is 4.01. The molecule has 3 unspecified atom stereocenters. The maximum absolute atomic E-state index is 13.1. The topological polar surface area (TPSA) is 36.0 Å². The van der Waals surface area contributed by atoms with Crippen molar-refractivity contribution in [1.82, 2.24) is 9.80 Å². The van der Waals surface area contributed by atoms with Crippen LogP contribution in [0.3, 0.4) is 0 Å². The summed E-state index contributed by atoms with van der Waals surface area (Å²) in [5.41, 5.74) is 1.04. The van der Waals surface area contributed by atoms with Crippen LogP contribution in [0.5, 0.6) is 0 Å². The number of nitrogens with zero attached hydrogens (tertiary/aromatic N) is 3. The molecule has 1 aromatic rings. The number of ether oxygens (including phenoxy) is 1. The Morgan fingerprint density at radius 3 is 2.38 bits per heavy atom. The van der Waals surface area contributed by atoms with Gasteiger partial charge in [0, 0.05) is 45.0 Å². The maximum atomic E-state index is 13.1. The van der Waals surface area contributed by atoms with Crippen LogP contribution in [0.2, 0.25) is 0 Å². The number of hydrogen-bond acceptors (Lipinski definition) is 4. The van der Waals surface area contributed by atoms with Crippen molar-refractivity contribution in [2.75, 3.05) is 44.2 Å². The minimum absolute atomic E-state index is 0.0907. The molecule has 0 spiro atoms. The molecule has 3 rings (SSSR count). The van der Waals surface area contributed by atoms with Crippen LogP contribution in [-0.4, -0.2) is 73.2 Å². The van der Waals surface area contributed by atoms with Crippen molar-refractivity contribution < 1.29 is 13.9 Å². The predicted molar refractivity (Wildman–Crippen MR) is 101 cm³/mol. The second-order valence-electron chi connectivity index (χ2n) is 7.53. The van der Waals surface area contributed by atoms with Crippen molar-refractivity contribution in [1.29, 1.82) is 0 Å². The third-order valence-electron chi connectivity index (χ3n) is 5.36. The zero-order valence-corrected chi connectivity index (χ0v) is 16.0. The lowest BCUT2D eigenvalue weighted by molar-refractivity contribution is -0.148. The molecule has 2 heterocycles. The number of hydrogen-bond donors (Lipinski definition) is 0. The lowest BCUT2D eigenvalue weighted by Gasteiger charge is -2.38. The highest BCUT2D eigenvalue weighted by molar-refractivity contribution is 5.81. The van der Waals surface area contributed by atoms with Crippen LogP contribution >= 0.6 is 0 Å². The summed E-state index contributed by atoms with van der Waals surface area (Å²) in [6.45, 7) is 10.9. The molecule has 144 valence electrons. The lowest BCUT2D eigenvalue weighted by atomic mass is 10.1. The second kappa shape index (κ2) is 8.35. The van der Waals surface area contributed by atoms with Gasteiger partial charge in [-0.05, 0) is 51.5 Å². The van der Waals surface area contributed by atoms with Crippen LogP contribution in [0, 0.1) is 5.82 Å². The van der Waals surface area contributed by atoms with E-state index >= 15 is 0 Å². The Morgan fingerprint density at radius 1 is 1.08 bits per heavy atom. The molecule has 0 radical (unpaired) electrons. The van der Waals surface area contributed by atoms with Crippen LogP contribution in [0.15, 0.2) is 24.3 Å². The van der Waals surface area contributed by atoms with Gasteiger partial charge in [0.25, 0.3) is 0 Å². The fraction of sp³-hybridized carbons (Fsp3) is 0.650. The zero-order valence-electron chi connectivity index (χ0n) is 16.0. The third-order valence-corrected chi connectivity index (χ3v) is 5.36. The average molecular weight is 363 g/mol. The van der Waals surface area contributed by atoms with E-state index in [1.165, 1.54) is 12.1 Å². The van der Waals surface area contributed by atoms with Crippen molar-refractivity contribution >= 4 is 11.6 Å². The van der Waals surface area contributed by atoms with Gasteiger partial charge in [0.15, 0.2) is 0 Å². The minimum atomic E-state index is -0.210. The van der Waals surface area contributed by atoms with Crippen LogP contribution in [-0.2, 0) is 9.53 Å². The highest BCUT2D eigenvalue weighted by atomic mass is 19.1. The van der Waals surface area contributed by atoms with Gasteiger partial charge < -0.3 is 14.5 Å². The molecule has 0 saturated carbocycles. The van der Waals surface area contributed by atoms with E-state index in [1.807, 2.05) is 37.8 Å². The number of benzene rings is 1. The smallest absolute Gasteiger partial charge is 0.239 e. The van der Waals surface area contributed by atoms with Gasteiger partial charge in [0.05, 0.1) is 18.2 Å². The Morgan fingerprint density at radius 2 is 1.73 bits per heavy atom. The summed E-state index contributed by atoms with van der Waals surface area (Å²) in [5, 5.41) is 0. The molecule has 2 aliphatic heterocycles. The number of morpholine rings is 1. The van der Waals surface area contributed by atoms with Gasteiger partial charge in [-0.3, -0.25) is 9.69 Å². The molecule has 26 heavy (non-hydrogen) atoms. The number of carbonyl (C=O) groups excluding carboxylic acids is 1. The van der Waals surface area contributed by atoms with E-state index in [-0.39, 0.29) is 30.0 Å². The average Bonchev–Trinajstić information content (AvgIpc) is 2.86. The van der Waals surface area contributed by atoms with Gasteiger partial charge in [-0.1, -0.05) is 0 Å². The molecule has 3 atom stereocenters. The Kier molecular flexibility index (Phi) is 6.14. The third kappa shape index (κ3) is 4.54. The summed E-state index contributed by atoms with van der Waals surface area (Å²) < 4.78 is 18.9. The van der Waals surface area contributed by atoms with E-state index < -0.39 is 0 Å². The van der Waals surface area contributed by atoms with Gasteiger partial charge in [0.1, 0.15) is 5.82 Å². The van der Waals surface area contributed by atoms with Crippen LogP contribution < -0.4 is 4.90 Å². The molecule has 2 aliphatic rings. The first-order valence-corrected chi connectivity index (χ1v) is 9.63. The zero-order chi connectivity index (χ0) is 18.7. The van der Waals surface area contributed by atoms with Gasteiger partial charge in [-0.2, -0.15) is 0 Å². The first kappa shape index (κ1) is 19.1. The van der Waals surface area contributed by atoms with Gasteiger partial charge in [-0.15, -0.1) is 0 Å². The Hall–Kier alpha value is -1.66. The molecule has 0 aliphatic carbocycles. The normalized spacial score (nSPS) is 26.5. The van der Waals surface area contributed by atoms with E-state index in [0.717, 1.165) is 38.3 Å². The van der Waals surface area contributed by atoms with E-state index in [2.05, 4.69) is 9.80 Å². The van der Waals surface area contributed by atoms with Crippen molar-refractivity contribution in [3.63, 3.8) is 0 Å². The van der Waals surface area contributed by atoms with Crippen LogP contribution in [0.4, 0.5) is 10.1 Å². The minimum Gasteiger partial charge on any atom is -0.372 e. The molecule has 0 N–H and O–H groups in total. The number of carbonyl (C=O) groups is 1. The van der Waals surface area contributed by atoms with Gasteiger partial charge >= 0.3 is 0 Å². The number of anilines is 1. The molecule has 6 heteroatoms. The highest BCUT2D eigenvalue weighted by Crippen LogP contribution is 2.19. The van der Waals surface area contributed by atoms with Crippen molar-refractivity contribution in [3.8, 4) is 0 Å². The first-order chi connectivity index (χ1) is 12.4. The summed E-state index contributed by atoms with van der Waals surface area (Å²) in [6, 6.07) is 6.54. The van der Waals surface area contributed by atoms with Crippen molar-refractivity contribution in [2.45, 2.75) is 45.4 Å². The van der Waals surface area contributed by atoms with Crippen molar-refractivity contribution in [2.24, 2.45) is 0 Å². The summed E-state index contributed by atoms with van der Waals surface area (Å²) in [5.74, 6) is -0.0133. The summed E-state index contributed by atoms with van der Waals surface area (Å²) in [4.78, 5) is 19.5. The molecule has 2 saturated heterocycles. The predicted octanol–water partition coefficient (Wildman–Crippen LogP) is 2.36. The SMILES string of the molecule is CC1CN(C(=O)C(C)N2CCCN(c3ccc(F)cc3)CC2)CC(C)O1. The first-order valence-electron chi connectivity index (χ1n) is 9.63. The second-order valence-corrected chi connectivity index (χ2v) is 7.53. The Balaban J connectivity index is 1.59. The molecule has 0 bridgehead atoms. The fourth-order valence-corrected chi connectivity index (χ4v) is 4.01. The largest absolute Gasteiger partial charge is 0.372 e. The monoisotopic (exact) mass is 363 g/mol. The highest BCUT2D eigenvalue weighted by Gasteiger charge is 2.32. The Labute approximate surface area is 155 Å².